The molecule has 3 heterocycles. The fourth-order valence-corrected chi connectivity index (χ4v) is 4.75. The Bertz CT molecular complexity index is 964. The van der Waals surface area contributed by atoms with E-state index in [4.69, 9.17) is 0 Å². The van der Waals surface area contributed by atoms with Crippen molar-refractivity contribution in [1.29, 1.82) is 0 Å². The van der Waals surface area contributed by atoms with E-state index in [2.05, 4.69) is 16.4 Å². The maximum atomic E-state index is 12.6. The molecule has 2 aromatic heterocycles. The van der Waals surface area contributed by atoms with Gasteiger partial charge in [0.25, 0.3) is 11.5 Å². The predicted molar refractivity (Wildman–Crippen MR) is 116 cm³/mol. The summed E-state index contributed by atoms with van der Waals surface area (Å²) in [5.74, 6) is -0.141. The van der Waals surface area contributed by atoms with Crippen LogP contribution in [0.15, 0.2) is 27.9 Å². The quantitative estimate of drug-likeness (QED) is 0.629. The standard InChI is InChI=1S/C22H29N3O3S/c1-14-11-15(2)24-22(27)18(14)12-23-21(26)19-13-29-20(16(19)3)6-4-5-17-7-9-25(28)10-8-17/h5,11,13,28H,4,6-10,12H2,1-3H3,(H,23,26)(H,24,27). The van der Waals surface area contributed by atoms with E-state index in [0.29, 0.717) is 24.2 Å². The lowest BCUT2D eigenvalue weighted by atomic mass is 10.0. The minimum absolute atomic E-state index is 0.141. The molecule has 0 saturated carbocycles. The molecule has 3 rings (SSSR count). The average Bonchev–Trinajstić information content (AvgIpc) is 3.03. The third-order valence-electron chi connectivity index (χ3n) is 5.49. The van der Waals surface area contributed by atoms with Gasteiger partial charge in [0.1, 0.15) is 0 Å². The van der Waals surface area contributed by atoms with E-state index in [0.717, 1.165) is 42.5 Å². The first-order valence-electron chi connectivity index (χ1n) is 10.0. The number of piperidine rings is 1. The number of thiophene rings is 1. The SMILES string of the molecule is Cc1cc(C)c(CNC(=O)c2csc(CCC=C3CCN(O)CC3)c2C)c(=O)[nH]1. The highest BCUT2D eigenvalue weighted by molar-refractivity contribution is 7.10. The first-order chi connectivity index (χ1) is 13.8. The van der Waals surface area contributed by atoms with Crippen LogP contribution in [-0.2, 0) is 13.0 Å². The molecule has 1 saturated heterocycles. The van der Waals surface area contributed by atoms with E-state index in [-0.39, 0.29) is 18.0 Å². The van der Waals surface area contributed by atoms with Crippen LogP contribution in [0.2, 0.25) is 0 Å². The zero-order valence-corrected chi connectivity index (χ0v) is 18.1. The second kappa shape index (κ2) is 9.52. The molecule has 0 unspecified atom stereocenters. The summed E-state index contributed by atoms with van der Waals surface area (Å²) < 4.78 is 0. The van der Waals surface area contributed by atoms with Crippen molar-refractivity contribution >= 4 is 17.2 Å². The van der Waals surface area contributed by atoms with Gasteiger partial charge in [0.15, 0.2) is 0 Å². The van der Waals surface area contributed by atoms with Crippen molar-refractivity contribution < 1.29 is 10.0 Å². The third kappa shape index (κ3) is 5.44. The fraction of sp³-hybridized carbons (Fsp3) is 0.455. The van der Waals surface area contributed by atoms with Crippen molar-refractivity contribution in [3.8, 4) is 0 Å². The third-order valence-corrected chi connectivity index (χ3v) is 6.64. The Hall–Kier alpha value is -2.22. The van der Waals surface area contributed by atoms with Gasteiger partial charge in [0.05, 0.1) is 5.56 Å². The van der Waals surface area contributed by atoms with Gasteiger partial charge in [0, 0.05) is 41.1 Å². The number of carbonyl (C=O) groups is 1. The number of hydrogen-bond donors (Lipinski definition) is 3. The second-order valence-electron chi connectivity index (χ2n) is 7.68. The summed E-state index contributed by atoms with van der Waals surface area (Å²) in [6, 6.07) is 1.91. The van der Waals surface area contributed by atoms with Gasteiger partial charge in [0.2, 0.25) is 0 Å². The number of pyridine rings is 1. The van der Waals surface area contributed by atoms with E-state index in [1.807, 2.05) is 32.2 Å². The minimum Gasteiger partial charge on any atom is -0.348 e. The summed E-state index contributed by atoms with van der Waals surface area (Å²) in [7, 11) is 0. The Morgan fingerprint density at radius 3 is 2.72 bits per heavy atom. The largest absolute Gasteiger partial charge is 0.348 e. The van der Waals surface area contributed by atoms with Crippen LogP contribution in [0, 0.1) is 20.8 Å². The molecule has 29 heavy (non-hydrogen) atoms. The summed E-state index contributed by atoms with van der Waals surface area (Å²) >= 11 is 1.62. The van der Waals surface area contributed by atoms with Crippen molar-refractivity contribution in [1.82, 2.24) is 15.4 Å². The lowest BCUT2D eigenvalue weighted by molar-refractivity contribution is -0.0959. The maximum Gasteiger partial charge on any atom is 0.253 e. The Kier molecular flexibility index (Phi) is 7.05. The molecule has 0 spiro atoms. The van der Waals surface area contributed by atoms with Crippen molar-refractivity contribution in [2.45, 2.75) is 53.0 Å². The van der Waals surface area contributed by atoms with Crippen LogP contribution >= 0.6 is 11.3 Å². The monoisotopic (exact) mass is 415 g/mol. The number of aromatic amines is 1. The van der Waals surface area contributed by atoms with E-state index < -0.39 is 0 Å². The molecule has 0 atom stereocenters. The Balaban J connectivity index is 1.58. The number of allylic oxidation sites excluding steroid dienone is 1. The number of hydroxylamine groups is 2. The molecule has 0 aliphatic carbocycles. The van der Waals surface area contributed by atoms with Crippen LogP contribution in [0.4, 0.5) is 0 Å². The summed E-state index contributed by atoms with van der Waals surface area (Å²) in [6.07, 6.45) is 5.97. The molecule has 3 N–H and O–H groups in total. The molecule has 1 aliphatic heterocycles. The lowest BCUT2D eigenvalue weighted by Crippen LogP contribution is -2.28. The van der Waals surface area contributed by atoms with Gasteiger partial charge in [-0.2, -0.15) is 5.06 Å². The number of H-pyrrole nitrogens is 1. The molecule has 0 radical (unpaired) electrons. The Labute approximate surface area is 175 Å². The summed E-state index contributed by atoms with van der Waals surface area (Å²) in [4.78, 5) is 28.8. The van der Waals surface area contributed by atoms with E-state index in [1.54, 1.807) is 11.3 Å². The first kappa shape index (κ1) is 21.5. The summed E-state index contributed by atoms with van der Waals surface area (Å²) in [6.45, 7) is 7.35. The number of amides is 1. The second-order valence-corrected chi connectivity index (χ2v) is 8.64. The van der Waals surface area contributed by atoms with Gasteiger partial charge in [-0.1, -0.05) is 11.6 Å². The molecule has 0 bridgehead atoms. The molecule has 1 fully saturated rings. The smallest absolute Gasteiger partial charge is 0.253 e. The van der Waals surface area contributed by atoms with Crippen molar-refractivity contribution in [3.63, 3.8) is 0 Å². The van der Waals surface area contributed by atoms with E-state index in [1.165, 1.54) is 15.5 Å². The first-order valence-corrected chi connectivity index (χ1v) is 10.9. The van der Waals surface area contributed by atoms with E-state index >= 15 is 0 Å². The van der Waals surface area contributed by atoms with Gasteiger partial charge >= 0.3 is 0 Å². The Morgan fingerprint density at radius 1 is 1.31 bits per heavy atom. The number of rotatable bonds is 6. The van der Waals surface area contributed by atoms with Gasteiger partial charge in [-0.25, -0.2) is 0 Å². The van der Waals surface area contributed by atoms with Crippen molar-refractivity contribution in [2.24, 2.45) is 0 Å². The summed E-state index contributed by atoms with van der Waals surface area (Å²) in [5, 5.41) is 15.6. The molecule has 1 amide bonds. The predicted octanol–water partition coefficient (Wildman–Crippen LogP) is 3.64. The maximum absolute atomic E-state index is 12.6. The number of aryl methyl sites for hydroxylation is 3. The molecule has 6 nitrogen and oxygen atoms in total. The zero-order valence-electron chi connectivity index (χ0n) is 17.3. The Morgan fingerprint density at radius 2 is 2.03 bits per heavy atom. The average molecular weight is 416 g/mol. The number of nitrogens with zero attached hydrogens (tertiary/aromatic N) is 1. The molecule has 0 aromatic carbocycles. The summed E-state index contributed by atoms with van der Waals surface area (Å²) in [5.41, 5.74) is 5.26. The normalized spacial score (nSPS) is 14.8. The van der Waals surface area contributed by atoms with Gasteiger partial charge in [-0.3, -0.25) is 9.59 Å². The number of hydrogen-bond acceptors (Lipinski definition) is 5. The van der Waals surface area contributed by atoms with Gasteiger partial charge in [-0.05, 0) is 63.6 Å². The van der Waals surface area contributed by atoms with Crippen LogP contribution < -0.4 is 10.9 Å². The fourth-order valence-electron chi connectivity index (χ4n) is 3.69. The molecule has 156 valence electrons. The van der Waals surface area contributed by atoms with Crippen molar-refractivity contribution in [3.05, 3.63) is 66.3 Å². The highest BCUT2D eigenvalue weighted by Crippen LogP contribution is 2.24. The minimum atomic E-state index is -0.148. The number of aromatic nitrogens is 1. The van der Waals surface area contributed by atoms with Crippen LogP contribution in [0.3, 0.4) is 0 Å². The van der Waals surface area contributed by atoms with E-state index in [9.17, 15) is 14.8 Å². The zero-order chi connectivity index (χ0) is 21.0. The van der Waals surface area contributed by atoms with Gasteiger partial charge in [-0.15, -0.1) is 11.3 Å². The van der Waals surface area contributed by atoms with Gasteiger partial charge < -0.3 is 15.5 Å². The van der Waals surface area contributed by atoms with Crippen LogP contribution in [0.5, 0.6) is 0 Å². The highest BCUT2D eigenvalue weighted by atomic mass is 32.1. The lowest BCUT2D eigenvalue weighted by Gasteiger charge is -2.22. The highest BCUT2D eigenvalue weighted by Gasteiger charge is 2.16. The number of nitrogens with one attached hydrogen (secondary N) is 2. The topological polar surface area (TPSA) is 85.4 Å². The molecular weight excluding hydrogens is 386 g/mol. The van der Waals surface area contributed by atoms with Crippen LogP contribution in [0.1, 0.15) is 56.9 Å². The van der Waals surface area contributed by atoms with Crippen LogP contribution in [0.25, 0.3) is 0 Å². The molecule has 7 heteroatoms. The van der Waals surface area contributed by atoms with Crippen LogP contribution in [-0.4, -0.2) is 34.3 Å². The molecule has 1 aliphatic rings. The molecule has 2 aromatic rings. The van der Waals surface area contributed by atoms with Crippen molar-refractivity contribution in [2.75, 3.05) is 13.1 Å². The molecular formula is C22H29N3O3S. The number of carbonyl (C=O) groups excluding carboxylic acids is 1.